The zero-order chi connectivity index (χ0) is 12.6. The van der Waals surface area contributed by atoms with Gasteiger partial charge in [0.25, 0.3) is 0 Å². The van der Waals surface area contributed by atoms with Gasteiger partial charge in [-0.25, -0.2) is 0 Å². The smallest absolute Gasteiger partial charge is 0.220 e. The minimum atomic E-state index is 0.188. The zero-order valence-corrected chi connectivity index (χ0v) is 11.5. The van der Waals surface area contributed by atoms with Gasteiger partial charge in [-0.2, -0.15) is 0 Å². The Kier molecular flexibility index (Phi) is 8.26. The normalized spacial score (nSPS) is 11.5. The molecule has 0 aromatic heterocycles. The lowest BCUT2D eigenvalue weighted by Gasteiger charge is -2.24. The van der Waals surface area contributed by atoms with Crippen LogP contribution in [0, 0.1) is 5.92 Å². The molecule has 0 atom stereocenters. The second-order valence-electron chi connectivity index (χ2n) is 5.00. The fraction of sp³-hybridized carbons (Fsp3) is 0.923. The van der Waals surface area contributed by atoms with Crippen molar-refractivity contribution in [2.75, 3.05) is 19.6 Å². The van der Waals surface area contributed by atoms with E-state index in [1.165, 1.54) is 0 Å². The van der Waals surface area contributed by atoms with Crippen LogP contribution in [-0.2, 0) is 4.79 Å². The molecule has 0 saturated heterocycles. The van der Waals surface area contributed by atoms with Crippen LogP contribution in [0.25, 0.3) is 0 Å². The first-order valence-corrected chi connectivity index (χ1v) is 6.48. The van der Waals surface area contributed by atoms with E-state index in [1.54, 1.807) is 0 Å². The first-order chi connectivity index (χ1) is 7.47. The molecule has 0 saturated carbocycles. The molecule has 0 spiro atoms. The summed E-state index contributed by atoms with van der Waals surface area (Å²) in [7, 11) is 0. The van der Waals surface area contributed by atoms with Crippen molar-refractivity contribution >= 4 is 5.91 Å². The monoisotopic (exact) mass is 228 g/mol. The molecule has 0 radical (unpaired) electrons. The summed E-state index contributed by atoms with van der Waals surface area (Å²) < 4.78 is 0. The van der Waals surface area contributed by atoms with Crippen LogP contribution in [0.1, 0.15) is 47.5 Å². The summed E-state index contributed by atoms with van der Waals surface area (Å²) in [4.78, 5) is 13.8. The minimum absolute atomic E-state index is 0.188. The third-order valence-electron chi connectivity index (χ3n) is 2.81. The largest absolute Gasteiger partial charge is 0.355 e. The van der Waals surface area contributed by atoms with Gasteiger partial charge in [-0.05, 0) is 32.7 Å². The van der Waals surface area contributed by atoms with E-state index in [0.717, 1.165) is 26.1 Å². The molecule has 0 bridgehead atoms. The van der Waals surface area contributed by atoms with Crippen LogP contribution in [0.5, 0.6) is 0 Å². The highest BCUT2D eigenvalue weighted by atomic mass is 16.1. The van der Waals surface area contributed by atoms with E-state index in [4.69, 9.17) is 0 Å². The molecule has 96 valence electrons. The van der Waals surface area contributed by atoms with Gasteiger partial charge in [0.15, 0.2) is 0 Å². The lowest BCUT2D eigenvalue weighted by molar-refractivity contribution is -0.121. The molecule has 0 aliphatic carbocycles. The standard InChI is InChI=1S/C13H28N2O/c1-6-15(12(4)5)10-9-14-13(16)8-7-11(2)3/h11-12H,6-10H2,1-5H3,(H,14,16). The van der Waals surface area contributed by atoms with Crippen LogP contribution in [0.2, 0.25) is 0 Å². The number of hydrogen-bond donors (Lipinski definition) is 1. The van der Waals surface area contributed by atoms with Crippen LogP contribution in [0.15, 0.2) is 0 Å². The second-order valence-corrected chi connectivity index (χ2v) is 5.00. The van der Waals surface area contributed by atoms with Crippen molar-refractivity contribution < 1.29 is 4.79 Å². The van der Waals surface area contributed by atoms with Crippen molar-refractivity contribution in [3.63, 3.8) is 0 Å². The average Bonchev–Trinajstić information content (AvgIpc) is 2.20. The highest BCUT2D eigenvalue weighted by molar-refractivity contribution is 5.75. The molecule has 3 heteroatoms. The van der Waals surface area contributed by atoms with Crippen LogP contribution in [0.3, 0.4) is 0 Å². The van der Waals surface area contributed by atoms with E-state index in [1.807, 2.05) is 0 Å². The lowest BCUT2D eigenvalue weighted by Crippen LogP contribution is -2.38. The molecule has 0 aliphatic rings. The fourth-order valence-electron chi connectivity index (χ4n) is 1.63. The van der Waals surface area contributed by atoms with Gasteiger partial charge in [0.2, 0.25) is 5.91 Å². The summed E-state index contributed by atoms with van der Waals surface area (Å²) in [5, 5.41) is 2.98. The van der Waals surface area contributed by atoms with Crippen LogP contribution in [0.4, 0.5) is 0 Å². The van der Waals surface area contributed by atoms with E-state index >= 15 is 0 Å². The molecule has 0 aliphatic heterocycles. The van der Waals surface area contributed by atoms with Gasteiger partial charge in [-0.15, -0.1) is 0 Å². The molecule has 16 heavy (non-hydrogen) atoms. The van der Waals surface area contributed by atoms with E-state index in [9.17, 15) is 4.79 Å². The summed E-state index contributed by atoms with van der Waals surface area (Å²) in [5.41, 5.74) is 0. The quantitative estimate of drug-likeness (QED) is 0.691. The Morgan fingerprint density at radius 1 is 1.25 bits per heavy atom. The van der Waals surface area contributed by atoms with E-state index in [-0.39, 0.29) is 5.91 Å². The molecule has 0 aromatic rings. The molecule has 3 nitrogen and oxygen atoms in total. The maximum Gasteiger partial charge on any atom is 0.220 e. The van der Waals surface area contributed by atoms with Gasteiger partial charge in [-0.3, -0.25) is 9.69 Å². The average molecular weight is 228 g/mol. The molecular formula is C13H28N2O. The summed E-state index contributed by atoms with van der Waals surface area (Å²) in [6, 6.07) is 0.553. The van der Waals surface area contributed by atoms with Crippen molar-refractivity contribution in [1.82, 2.24) is 10.2 Å². The Labute approximate surface area is 101 Å². The van der Waals surface area contributed by atoms with Crippen molar-refractivity contribution in [1.29, 1.82) is 0 Å². The van der Waals surface area contributed by atoms with Gasteiger partial charge in [0.05, 0.1) is 0 Å². The van der Waals surface area contributed by atoms with Crippen molar-refractivity contribution in [3.8, 4) is 0 Å². The summed E-state index contributed by atoms with van der Waals surface area (Å²) in [6.45, 7) is 13.6. The maximum absolute atomic E-state index is 11.5. The number of likely N-dealkylation sites (N-methyl/N-ethyl adjacent to an activating group) is 1. The van der Waals surface area contributed by atoms with Gasteiger partial charge in [0, 0.05) is 25.6 Å². The first kappa shape index (κ1) is 15.4. The third-order valence-corrected chi connectivity index (χ3v) is 2.81. The van der Waals surface area contributed by atoms with Crippen molar-refractivity contribution in [2.45, 2.75) is 53.5 Å². The van der Waals surface area contributed by atoms with Gasteiger partial charge in [-0.1, -0.05) is 20.8 Å². The maximum atomic E-state index is 11.5. The number of rotatable bonds is 8. The molecule has 0 heterocycles. The van der Waals surface area contributed by atoms with Gasteiger partial charge >= 0.3 is 0 Å². The molecule has 0 unspecified atom stereocenters. The first-order valence-electron chi connectivity index (χ1n) is 6.48. The third kappa shape index (κ3) is 7.69. The molecular weight excluding hydrogens is 200 g/mol. The lowest BCUT2D eigenvalue weighted by atomic mass is 10.1. The minimum Gasteiger partial charge on any atom is -0.355 e. The predicted molar refractivity (Wildman–Crippen MR) is 69.5 cm³/mol. The number of nitrogens with zero attached hydrogens (tertiary/aromatic N) is 1. The van der Waals surface area contributed by atoms with Crippen molar-refractivity contribution in [2.24, 2.45) is 5.92 Å². The van der Waals surface area contributed by atoms with Gasteiger partial charge in [0.1, 0.15) is 0 Å². The number of nitrogens with one attached hydrogen (secondary N) is 1. The molecule has 0 fully saturated rings. The fourth-order valence-corrected chi connectivity index (χ4v) is 1.63. The molecule has 1 amide bonds. The number of hydrogen-bond acceptors (Lipinski definition) is 2. The Bertz CT molecular complexity index is 190. The summed E-state index contributed by atoms with van der Waals surface area (Å²) >= 11 is 0. The van der Waals surface area contributed by atoms with E-state index < -0.39 is 0 Å². The molecule has 0 aromatic carbocycles. The Morgan fingerprint density at radius 3 is 2.31 bits per heavy atom. The predicted octanol–water partition coefficient (Wildman–Crippen LogP) is 2.27. The van der Waals surface area contributed by atoms with Gasteiger partial charge < -0.3 is 5.32 Å². The zero-order valence-electron chi connectivity index (χ0n) is 11.5. The van der Waals surface area contributed by atoms with E-state index in [2.05, 4.69) is 44.8 Å². The number of amides is 1. The van der Waals surface area contributed by atoms with Crippen LogP contribution in [-0.4, -0.2) is 36.5 Å². The van der Waals surface area contributed by atoms with E-state index in [0.29, 0.717) is 18.4 Å². The highest BCUT2D eigenvalue weighted by Crippen LogP contribution is 2.02. The summed E-state index contributed by atoms with van der Waals surface area (Å²) in [5.74, 6) is 0.794. The highest BCUT2D eigenvalue weighted by Gasteiger charge is 2.07. The topological polar surface area (TPSA) is 32.3 Å². The molecule has 0 rings (SSSR count). The van der Waals surface area contributed by atoms with Crippen LogP contribution < -0.4 is 5.32 Å². The Balaban J connectivity index is 3.60. The van der Waals surface area contributed by atoms with Crippen molar-refractivity contribution in [3.05, 3.63) is 0 Å². The SMILES string of the molecule is CCN(CCNC(=O)CCC(C)C)C(C)C. The molecule has 1 N–H and O–H groups in total. The number of carbonyl (C=O) groups excluding carboxylic acids is 1. The Hall–Kier alpha value is -0.570. The number of carbonyl (C=O) groups is 1. The Morgan fingerprint density at radius 2 is 1.88 bits per heavy atom. The summed E-state index contributed by atoms with van der Waals surface area (Å²) in [6.07, 6.45) is 1.64. The second kappa shape index (κ2) is 8.57. The van der Waals surface area contributed by atoms with Crippen LogP contribution >= 0.6 is 0 Å².